The van der Waals surface area contributed by atoms with Crippen LogP contribution in [0.1, 0.15) is 12.5 Å². The van der Waals surface area contributed by atoms with Gasteiger partial charge in [-0.2, -0.15) is 5.10 Å². The van der Waals surface area contributed by atoms with Crippen molar-refractivity contribution in [1.29, 1.82) is 0 Å². The number of rotatable bonds is 6. The number of hydrogen-bond donors (Lipinski definition) is 1. The van der Waals surface area contributed by atoms with Gasteiger partial charge in [0.2, 0.25) is 0 Å². The quantitative estimate of drug-likeness (QED) is 0.423. The minimum Gasteiger partial charge on any atom is -0.493 e. The zero-order valence-corrected chi connectivity index (χ0v) is 18.2. The molecular weight excluding hydrogens is 520 g/mol. The van der Waals surface area contributed by atoms with Gasteiger partial charge in [0.25, 0.3) is 5.91 Å². The Labute approximate surface area is 171 Å². The fraction of sp³-hybridized carbons (Fsp3) is 0.176. The Bertz CT molecular complexity index is 810. The lowest BCUT2D eigenvalue weighted by molar-refractivity contribution is -0.123. The standard InChI is InChI=1S/C17H15Br3N2O3/c1-10(11-4-3-5-12(18)6-11)21-22-16(23)9-25-17-14(20)7-13(19)8-15(17)24-2/h3-8H,9H2,1-2H3,(H,22,23). The van der Waals surface area contributed by atoms with Crippen LogP contribution >= 0.6 is 47.8 Å². The van der Waals surface area contributed by atoms with Gasteiger partial charge in [0, 0.05) is 8.95 Å². The third-order valence-electron chi connectivity index (χ3n) is 3.13. The van der Waals surface area contributed by atoms with Gasteiger partial charge in [0.15, 0.2) is 18.1 Å². The van der Waals surface area contributed by atoms with Crippen LogP contribution in [0.5, 0.6) is 11.5 Å². The van der Waals surface area contributed by atoms with Crippen molar-refractivity contribution < 1.29 is 14.3 Å². The van der Waals surface area contributed by atoms with Gasteiger partial charge in [0.05, 0.1) is 17.3 Å². The maximum atomic E-state index is 12.0. The van der Waals surface area contributed by atoms with E-state index in [1.165, 1.54) is 7.11 Å². The van der Waals surface area contributed by atoms with Crippen LogP contribution < -0.4 is 14.9 Å². The molecule has 0 aliphatic rings. The number of amides is 1. The first-order chi connectivity index (χ1) is 11.9. The summed E-state index contributed by atoms with van der Waals surface area (Å²) in [5.41, 5.74) is 4.08. The Morgan fingerprint density at radius 3 is 2.60 bits per heavy atom. The number of carbonyl (C=O) groups excluding carboxylic acids is 1. The molecule has 1 amide bonds. The molecule has 2 rings (SSSR count). The predicted octanol–water partition coefficient (Wildman–Crippen LogP) is 4.90. The van der Waals surface area contributed by atoms with Crippen LogP contribution in [0.4, 0.5) is 0 Å². The van der Waals surface area contributed by atoms with Crippen LogP contribution in [-0.4, -0.2) is 25.3 Å². The van der Waals surface area contributed by atoms with Crippen LogP contribution in [0.3, 0.4) is 0 Å². The minimum atomic E-state index is -0.369. The van der Waals surface area contributed by atoms with E-state index in [4.69, 9.17) is 9.47 Å². The van der Waals surface area contributed by atoms with Crippen molar-refractivity contribution in [2.75, 3.05) is 13.7 Å². The van der Waals surface area contributed by atoms with Gasteiger partial charge in [-0.05, 0) is 52.7 Å². The van der Waals surface area contributed by atoms with E-state index in [0.717, 1.165) is 14.5 Å². The molecule has 0 radical (unpaired) electrons. The maximum absolute atomic E-state index is 12.0. The molecule has 25 heavy (non-hydrogen) atoms. The van der Waals surface area contributed by atoms with Gasteiger partial charge in [0.1, 0.15) is 0 Å². The van der Waals surface area contributed by atoms with Gasteiger partial charge in [-0.15, -0.1) is 0 Å². The first-order valence-electron chi connectivity index (χ1n) is 7.15. The molecule has 8 heteroatoms. The third-order valence-corrected chi connectivity index (χ3v) is 4.67. The number of benzene rings is 2. The lowest BCUT2D eigenvalue weighted by Gasteiger charge is -2.12. The second kappa shape index (κ2) is 9.35. The van der Waals surface area contributed by atoms with E-state index in [0.29, 0.717) is 21.7 Å². The maximum Gasteiger partial charge on any atom is 0.277 e. The average molecular weight is 535 g/mol. The third kappa shape index (κ3) is 5.83. The molecular formula is C17H15Br3N2O3. The fourth-order valence-electron chi connectivity index (χ4n) is 1.92. The Kier molecular flexibility index (Phi) is 7.46. The van der Waals surface area contributed by atoms with E-state index in [-0.39, 0.29) is 12.5 Å². The van der Waals surface area contributed by atoms with Crippen molar-refractivity contribution in [2.24, 2.45) is 5.10 Å². The van der Waals surface area contributed by atoms with Crippen molar-refractivity contribution in [3.63, 3.8) is 0 Å². The number of carbonyl (C=O) groups is 1. The van der Waals surface area contributed by atoms with E-state index in [1.807, 2.05) is 37.3 Å². The molecule has 1 N–H and O–H groups in total. The smallest absolute Gasteiger partial charge is 0.277 e. The van der Waals surface area contributed by atoms with Gasteiger partial charge in [-0.25, -0.2) is 5.43 Å². The van der Waals surface area contributed by atoms with Crippen LogP contribution in [-0.2, 0) is 4.79 Å². The Morgan fingerprint density at radius 2 is 1.92 bits per heavy atom. The number of nitrogens with one attached hydrogen (secondary N) is 1. The molecule has 0 saturated heterocycles. The normalized spacial score (nSPS) is 11.2. The van der Waals surface area contributed by atoms with Crippen LogP contribution in [0.2, 0.25) is 0 Å². The molecule has 0 heterocycles. The lowest BCUT2D eigenvalue weighted by Crippen LogP contribution is -2.25. The number of methoxy groups -OCH3 is 1. The molecule has 0 aliphatic carbocycles. The molecule has 0 unspecified atom stereocenters. The second-order valence-electron chi connectivity index (χ2n) is 4.95. The lowest BCUT2D eigenvalue weighted by atomic mass is 10.1. The van der Waals surface area contributed by atoms with E-state index in [1.54, 1.807) is 6.07 Å². The molecule has 132 valence electrons. The Hall–Kier alpha value is -1.38. The summed E-state index contributed by atoms with van der Waals surface area (Å²) in [5, 5.41) is 4.09. The summed E-state index contributed by atoms with van der Waals surface area (Å²) in [7, 11) is 1.53. The summed E-state index contributed by atoms with van der Waals surface area (Å²) in [6.07, 6.45) is 0. The Balaban J connectivity index is 1.98. The van der Waals surface area contributed by atoms with E-state index >= 15 is 0 Å². The molecule has 2 aromatic rings. The van der Waals surface area contributed by atoms with Gasteiger partial charge >= 0.3 is 0 Å². The van der Waals surface area contributed by atoms with Crippen molar-refractivity contribution in [3.05, 3.63) is 55.4 Å². The zero-order chi connectivity index (χ0) is 18.4. The van der Waals surface area contributed by atoms with E-state index in [2.05, 4.69) is 58.3 Å². The molecule has 0 aliphatic heterocycles. The summed E-state index contributed by atoms with van der Waals surface area (Å²) < 4.78 is 13.3. The SMILES string of the molecule is COc1cc(Br)cc(Br)c1OCC(=O)NN=C(C)c1cccc(Br)c1. The number of halogens is 3. The molecule has 0 atom stereocenters. The average Bonchev–Trinajstić information content (AvgIpc) is 2.58. The van der Waals surface area contributed by atoms with Gasteiger partial charge in [-0.3, -0.25) is 4.79 Å². The monoisotopic (exact) mass is 532 g/mol. The van der Waals surface area contributed by atoms with Crippen LogP contribution in [0.15, 0.2) is 54.9 Å². The molecule has 0 bridgehead atoms. The number of hydrogen-bond acceptors (Lipinski definition) is 4. The van der Waals surface area contributed by atoms with Crippen molar-refractivity contribution in [2.45, 2.75) is 6.92 Å². The van der Waals surface area contributed by atoms with Gasteiger partial charge in [-0.1, -0.05) is 44.0 Å². The zero-order valence-electron chi connectivity index (χ0n) is 13.5. The molecule has 0 saturated carbocycles. The highest BCUT2D eigenvalue weighted by atomic mass is 79.9. The highest BCUT2D eigenvalue weighted by Crippen LogP contribution is 2.38. The molecule has 0 fully saturated rings. The van der Waals surface area contributed by atoms with E-state index < -0.39 is 0 Å². The molecule has 0 aromatic heterocycles. The van der Waals surface area contributed by atoms with E-state index in [9.17, 15) is 4.79 Å². The van der Waals surface area contributed by atoms with Crippen molar-refractivity contribution in [1.82, 2.24) is 5.43 Å². The van der Waals surface area contributed by atoms with Gasteiger partial charge < -0.3 is 9.47 Å². The first kappa shape index (κ1) is 19.9. The topological polar surface area (TPSA) is 59.9 Å². The molecule has 5 nitrogen and oxygen atoms in total. The first-order valence-corrected chi connectivity index (χ1v) is 9.53. The highest BCUT2D eigenvalue weighted by Gasteiger charge is 2.13. The summed E-state index contributed by atoms with van der Waals surface area (Å²) in [5.74, 6) is 0.600. The highest BCUT2D eigenvalue weighted by molar-refractivity contribution is 9.11. The number of nitrogens with zero attached hydrogens (tertiary/aromatic N) is 1. The summed E-state index contributed by atoms with van der Waals surface area (Å²) in [6.45, 7) is 1.63. The van der Waals surface area contributed by atoms with Crippen molar-refractivity contribution in [3.8, 4) is 11.5 Å². The predicted molar refractivity (Wildman–Crippen MR) is 108 cm³/mol. The summed E-state index contributed by atoms with van der Waals surface area (Å²) in [4.78, 5) is 12.0. The minimum absolute atomic E-state index is 0.189. The summed E-state index contributed by atoms with van der Waals surface area (Å²) >= 11 is 10.2. The van der Waals surface area contributed by atoms with Crippen molar-refractivity contribution >= 4 is 59.4 Å². The second-order valence-corrected chi connectivity index (χ2v) is 7.64. The van der Waals surface area contributed by atoms with Crippen LogP contribution in [0.25, 0.3) is 0 Å². The molecule has 2 aromatic carbocycles. The fourth-order valence-corrected chi connectivity index (χ4v) is 3.62. The van der Waals surface area contributed by atoms with Crippen LogP contribution in [0, 0.1) is 0 Å². The summed E-state index contributed by atoms with van der Waals surface area (Å²) in [6, 6.07) is 11.2. The number of ether oxygens (including phenoxy) is 2. The number of hydrazone groups is 1. The largest absolute Gasteiger partial charge is 0.493 e. The Morgan fingerprint density at radius 1 is 1.16 bits per heavy atom. The molecule has 0 spiro atoms.